The van der Waals surface area contributed by atoms with Crippen LogP contribution in [0.25, 0.3) is 5.47 Å². The maximum absolute atomic E-state index is 13.0. The molecule has 2 rings (SSSR count). The summed E-state index contributed by atoms with van der Waals surface area (Å²) in [6.45, 7) is 11.7. The Hall–Kier alpha value is -1.29. The quantitative estimate of drug-likeness (QED) is 0.717. The molecule has 0 atom stereocenters. The molecule has 1 aliphatic rings. The largest absolute Gasteiger partial charge is 0.448 e. The molecule has 0 fully saturated rings. The van der Waals surface area contributed by atoms with Crippen LogP contribution in [-0.2, 0) is 0 Å². The molecule has 105 valence electrons. The van der Waals surface area contributed by atoms with Gasteiger partial charge in [0.15, 0.2) is 0 Å². The standard InChI is InChI=1S/C16H22BFNSi/c1-16(2,3)20(4,5)19-12-6-7-15(17-19)13-8-10-14(18)11-9-13/h6-12H,1-5H3. The van der Waals surface area contributed by atoms with Crippen LogP contribution >= 0.6 is 0 Å². The summed E-state index contributed by atoms with van der Waals surface area (Å²) in [5, 5.41) is 0.277. The van der Waals surface area contributed by atoms with Crippen molar-refractivity contribution in [2.45, 2.75) is 38.9 Å². The van der Waals surface area contributed by atoms with Gasteiger partial charge in [-0.05, 0) is 35.0 Å². The van der Waals surface area contributed by atoms with Gasteiger partial charge in [0.25, 0.3) is 7.41 Å². The van der Waals surface area contributed by atoms with Gasteiger partial charge < -0.3 is 4.48 Å². The summed E-state index contributed by atoms with van der Waals surface area (Å²) < 4.78 is 15.4. The molecule has 1 nitrogen and oxygen atoms in total. The Morgan fingerprint density at radius 2 is 1.70 bits per heavy atom. The van der Waals surface area contributed by atoms with Gasteiger partial charge in [0.05, 0.1) is 0 Å². The van der Waals surface area contributed by atoms with Crippen LogP contribution in [0, 0.1) is 5.82 Å². The first kappa shape index (κ1) is 15.1. The summed E-state index contributed by atoms with van der Waals surface area (Å²) in [6, 6.07) is 6.69. The minimum absolute atomic E-state index is 0.193. The highest BCUT2D eigenvalue weighted by atomic mass is 28.3. The van der Waals surface area contributed by atoms with E-state index < -0.39 is 8.24 Å². The van der Waals surface area contributed by atoms with Crippen LogP contribution in [0.3, 0.4) is 0 Å². The van der Waals surface area contributed by atoms with E-state index in [2.05, 4.69) is 64.1 Å². The second-order valence-corrected chi connectivity index (χ2v) is 12.0. The maximum Gasteiger partial charge on any atom is 0.276 e. The van der Waals surface area contributed by atoms with Gasteiger partial charge in [-0.1, -0.05) is 57.5 Å². The third-order valence-corrected chi connectivity index (χ3v) is 9.70. The molecule has 0 saturated heterocycles. The number of hydrogen-bond acceptors (Lipinski definition) is 1. The van der Waals surface area contributed by atoms with E-state index in [0.29, 0.717) is 0 Å². The smallest absolute Gasteiger partial charge is 0.276 e. The van der Waals surface area contributed by atoms with Crippen molar-refractivity contribution in [3.63, 3.8) is 0 Å². The lowest BCUT2D eigenvalue weighted by Gasteiger charge is -2.47. The van der Waals surface area contributed by atoms with Gasteiger partial charge in [0.2, 0.25) is 0 Å². The Morgan fingerprint density at radius 1 is 1.10 bits per heavy atom. The molecule has 0 aromatic heterocycles. The van der Waals surface area contributed by atoms with Crippen molar-refractivity contribution in [2.24, 2.45) is 0 Å². The number of nitrogens with zero attached hydrogens (tertiary/aromatic N) is 1. The molecule has 1 aliphatic heterocycles. The predicted octanol–water partition coefficient (Wildman–Crippen LogP) is 4.62. The summed E-state index contributed by atoms with van der Waals surface area (Å²) in [4.78, 5) is 0. The van der Waals surface area contributed by atoms with Crippen molar-refractivity contribution in [3.05, 3.63) is 54.0 Å². The van der Waals surface area contributed by atoms with E-state index in [0.717, 1.165) is 11.0 Å². The number of hydrogen-bond donors (Lipinski definition) is 0. The van der Waals surface area contributed by atoms with E-state index in [1.165, 1.54) is 12.1 Å². The van der Waals surface area contributed by atoms with Gasteiger partial charge in [-0.2, -0.15) is 0 Å². The fourth-order valence-electron chi connectivity index (χ4n) is 2.02. The summed E-state index contributed by atoms with van der Waals surface area (Å²) in [5.41, 5.74) is 2.19. The van der Waals surface area contributed by atoms with Gasteiger partial charge in [0, 0.05) is 0 Å². The molecule has 20 heavy (non-hydrogen) atoms. The molecule has 0 bridgehead atoms. The predicted molar refractivity (Wildman–Crippen MR) is 88.3 cm³/mol. The number of allylic oxidation sites excluding steroid dienone is 2. The van der Waals surface area contributed by atoms with Crippen molar-refractivity contribution in [3.8, 4) is 0 Å². The zero-order valence-corrected chi connectivity index (χ0v) is 13.9. The van der Waals surface area contributed by atoms with Gasteiger partial charge in [0.1, 0.15) is 14.1 Å². The highest BCUT2D eigenvalue weighted by Crippen LogP contribution is 2.39. The topological polar surface area (TPSA) is 3.24 Å². The third-order valence-electron chi connectivity index (χ3n) is 4.46. The molecule has 0 amide bonds. The Bertz CT molecular complexity index is 541. The zero-order chi connectivity index (χ0) is 15.0. The first-order valence-corrected chi connectivity index (χ1v) is 9.94. The molecule has 0 saturated carbocycles. The number of rotatable bonds is 2. The first-order valence-electron chi connectivity index (χ1n) is 6.99. The Labute approximate surface area is 123 Å². The van der Waals surface area contributed by atoms with Crippen LogP contribution in [0.2, 0.25) is 18.1 Å². The van der Waals surface area contributed by atoms with E-state index in [4.69, 9.17) is 0 Å². The van der Waals surface area contributed by atoms with Gasteiger partial charge in [-0.15, -0.1) is 0 Å². The summed E-state index contributed by atoms with van der Waals surface area (Å²) >= 11 is 0. The van der Waals surface area contributed by atoms with Crippen molar-refractivity contribution in [1.29, 1.82) is 0 Å². The Balaban J connectivity index is 2.24. The first-order chi connectivity index (χ1) is 9.22. The lowest BCUT2D eigenvalue weighted by atomic mass is 9.76. The van der Waals surface area contributed by atoms with Crippen LogP contribution in [0.15, 0.2) is 42.6 Å². The molecule has 1 heterocycles. The highest BCUT2D eigenvalue weighted by Gasteiger charge is 2.40. The second kappa shape index (κ2) is 5.24. The van der Waals surface area contributed by atoms with Crippen molar-refractivity contribution < 1.29 is 4.39 Å². The highest BCUT2D eigenvalue weighted by molar-refractivity contribution is 6.86. The van der Waals surface area contributed by atoms with E-state index in [9.17, 15) is 4.39 Å². The minimum Gasteiger partial charge on any atom is -0.448 e. The van der Waals surface area contributed by atoms with E-state index in [1.807, 2.05) is 12.1 Å². The third kappa shape index (κ3) is 2.90. The van der Waals surface area contributed by atoms with E-state index >= 15 is 0 Å². The fourth-order valence-corrected chi connectivity index (χ4v) is 3.72. The van der Waals surface area contributed by atoms with Crippen molar-refractivity contribution >= 4 is 21.1 Å². The second-order valence-electron chi connectivity index (χ2n) is 6.82. The maximum atomic E-state index is 13.0. The molecule has 4 heteroatoms. The molecule has 0 N–H and O–H groups in total. The van der Waals surface area contributed by atoms with Crippen LogP contribution in [0.5, 0.6) is 0 Å². The van der Waals surface area contributed by atoms with Crippen LogP contribution in [-0.4, -0.2) is 20.1 Å². The van der Waals surface area contributed by atoms with Crippen LogP contribution in [0.4, 0.5) is 4.39 Å². The summed E-state index contributed by atoms with van der Waals surface area (Å²) in [7, 11) is 0.586. The lowest BCUT2D eigenvalue weighted by Crippen LogP contribution is -2.54. The lowest BCUT2D eigenvalue weighted by molar-refractivity contribution is 0.627. The summed E-state index contributed by atoms with van der Waals surface area (Å²) in [5.74, 6) is -0.193. The average Bonchev–Trinajstić information content (AvgIpc) is 2.38. The molecule has 0 spiro atoms. The Kier molecular flexibility index (Phi) is 3.96. The molecule has 0 aliphatic carbocycles. The molecule has 1 radical (unpaired) electrons. The van der Waals surface area contributed by atoms with Gasteiger partial charge in [-0.25, -0.2) is 4.39 Å². The molecule has 0 unspecified atom stereocenters. The Morgan fingerprint density at radius 3 is 2.25 bits per heavy atom. The normalized spacial score (nSPS) is 15.9. The number of benzene rings is 1. The number of halogens is 1. The zero-order valence-electron chi connectivity index (χ0n) is 12.9. The molecular weight excluding hydrogens is 264 g/mol. The van der Waals surface area contributed by atoms with Crippen molar-refractivity contribution in [2.75, 3.05) is 0 Å². The SMILES string of the molecule is CC(C)(C)[Si](C)(C)N1[B]C(c2ccc(F)cc2)=CC=C1. The molecule has 1 aromatic rings. The van der Waals surface area contributed by atoms with Crippen LogP contribution in [0.1, 0.15) is 26.3 Å². The monoisotopic (exact) mass is 286 g/mol. The van der Waals surface area contributed by atoms with E-state index in [-0.39, 0.29) is 10.9 Å². The van der Waals surface area contributed by atoms with Crippen molar-refractivity contribution in [1.82, 2.24) is 4.48 Å². The van der Waals surface area contributed by atoms with E-state index in [1.54, 1.807) is 0 Å². The molecule has 1 aromatic carbocycles. The minimum atomic E-state index is -1.61. The summed E-state index contributed by atoms with van der Waals surface area (Å²) in [6.07, 6.45) is 6.32. The van der Waals surface area contributed by atoms with Crippen LogP contribution < -0.4 is 0 Å². The van der Waals surface area contributed by atoms with Gasteiger partial charge in [-0.3, -0.25) is 0 Å². The molecular formula is C16H22BFNSi. The fraction of sp³-hybridized carbons (Fsp3) is 0.375. The average molecular weight is 286 g/mol. The van der Waals surface area contributed by atoms with Gasteiger partial charge >= 0.3 is 0 Å².